The summed E-state index contributed by atoms with van der Waals surface area (Å²) in [7, 11) is 0. The lowest BCUT2D eigenvalue weighted by molar-refractivity contribution is -0.152. The molecule has 2 nitrogen and oxygen atoms in total. The zero-order chi connectivity index (χ0) is 18.2. The number of fused-ring (bicyclic) bond motifs is 3. The van der Waals surface area contributed by atoms with Crippen molar-refractivity contribution in [1.29, 1.82) is 0 Å². The lowest BCUT2D eigenvalue weighted by Gasteiger charge is -2.35. The van der Waals surface area contributed by atoms with Gasteiger partial charge in [-0.1, -0.05) is 78.9 Å². The average molecular weight is 354 g/mol. The maximum absolute atomic E-state index is 12.8. The van der Waals surface area contributed by atoms with Crippen LogP contribution in [0, 0.1) is 5.92 Å². The van der Waals surface area contributed by atoms with Gasteiger partial charge in [0, 0.05) is 5.92 Å². The molecule has 1 unspecified atom stereocenters. The highest BCUT2D eigenvalue weighted by Crippen LogP contribution is 2.46. The molecule has 1 saturated carbocycles. The summed E-state index contributed by atoms with van der Waals surface area (Å²) in [6, 6.07) is 27.3. The first-order valence-corrected chi connectivity index (χ1v) is 9.73. The van der Waals surface area contributed by atoms with Crippen molar-refractivity contribution >= 4 is 5.97 Å². The molecule has 134 valence electrons. The summed E-state index contributed by atoms with van der Waals surface area (Å²) in [6.45, 7) is 0.421. The van der Waals surface area contributed by atoms with E-state index in [1.807, 2.05) is 18.2 Å². The number of carbonyl (C=O) groups excluding carboxylic acids is 1. The fourth-order valence-electron chi connectivity index (χ4n) is 4.59. The molecular formula is C25H22O2. The second kappa shape index (κ2) is 6.70. The van der Waals surface area contributed by atoms with Gasteiger partial charge in [0.15, 0.2) is 0 Å². The predicted octanol–water partition coefficient (Wildman–Crippen LogP) is 5.54. The Morgan fingerprint density at radius 1 is 0.778 bits per heavy atom. The Morgan fingerprint density at radius 3 is 1.96 bits per heavy atom. The van der Waals surface area contributed by atoms with E-state index in [0.29, 0.717) is 12.5 Å². The van der Waals surface area contributed by atoms with Gasteiger partial charge in [0.25, 0.3) is 0 Å². The monoisotopic (exact) mass is 354 g/mol. The minimum atomic E-state index is -0.0445. The van der Waals surface area contributed by atoms with E-state index in [1.165, 1.54) is 27.8 Å². The van der Waals surface area contributed by atoms with Crippen LogP contribution in [0.4, 0.5) is 0 Å². The Kier molecular flexibility index (Phi) is 4.05. The van der Waals surface area contributed by atoms with Crippen molar-refractivity contribution in [2.75, 3.05) is 6.61 Å². The highest BCUT2D eigenvalue weighted by atomic mass is 16.5. The predicted molar refractivity (Wildman–Crippen MR) is 107 cm³/mol. The van der Waals surface area contributed by atoms with Gasteiger partial charge in [0.1, 0.15) is 6.61 Å². The molecule has 0 aliphatic heterocycles. The first-order chi connectivity index (χ1) is 13.3. The standard InChI is InChI=1S/C25H22O2/c26-25(23-15-14-18(23)17-8-2-1-3-9-17)27-16-24-21-12-6-4-10-19(21)20-11-5-7-13-22(20)24/h1-13,18,23-24H,14-16H2/t18-,23?/m1/s1. The summed E-state index contributed by atoms with van der Waals surface area (Å²) >= 11 is 0. The number of carbonyl (C=O) groups is 1. The van der Waals surface area contributed by atoms with Crippen LogP contribution >= 0.6 is 0 Å². The molecule has 2 heteroatoms. The Balaban J connectivity index is 1.33. The van der Waals surface area contributed by atoms with Gasteiger partial charge < -0.3 is 4.74 Å². The molecule has 0 saturated heterocycles. The van der Waals surface area contributed by atoms with Crippen LogP contribution in [0.1, 0.15) is 41.4 Å². The van der Waals surface area contributed by atoms with Gasteiger partial charge in [0.2, 0.25) is 0 Å². The first kappa shape index (κ1) is 16.3. The first-order valence-electron chi connectivity index (χ1n) is 9.73. The van der Waals surface area contributed by atoms with E-state index in [2.05, 4.69) is 60.7 Å². The molecule has 5 rings (SSSR count). The molecule has 0 bridgehead atoms. The van der Waals surface area contributed by atoms with Gasteiger partial charge in [0.05, 0.1) is 5.92 Å². The fraction of sp³-hybridized carbons (Fsp3) is 0.240. The smallest absolute Gasteiger partial charge is 0.309 e. The molecular weight excluding hydrogens is 332 g/mol. The number of esters is 1. The third-order valence-electron chi connectivity index (χ3n) is 6.16. The van der Waals surface area contributed by atoms with Crippen molar-refractivity contribution in [3.05, 3.63) is 95.6 Å². The Hall–Kier alpha value is -2.87. The van der Waals surface area contributed by atoms with E-state index in [-0.39, 0.29) is 17.8 Å². The number of rotatable bonds is 4. The zero-order valence-electron chi connectivity index (χ0n) is 15.2. The summed E-state index contributed by atoms with van der Waals surface area (Å²) in [5.41, 5.74) is 6.31. The van der Waals surface area contributed by atoms with Crippen LogP contribution in [0.5, 0.6) is 0 Å². The van der Waals surface area contributed by atoms with Crippen molar-refractivity contribution in [2.45, 2.75) is 24.7 Å². The Morgan fingerprint density at radius 2 is 1.37 bits per heavy atom. The van der Waals surface area contributed by atoms with Crippen molar-refractivity contribution in [2.24, 2.45) is 5.92 Å². The van der Waals surface area contributed by atoms with E-state index in [4.69, 9.17) is 4.74 Å². The summed E-state index contributed by atoms with van der Waals surface area (Å²) in [4.78, 5) is 12.8. The minimum absolute atomic E-state index is 0.000657. The van der Waals surface area contributed by atoms with Crippen LogP contribution in [0.3, 0.4) is 0 Å². The van der Waals surface area contributed by atoms with Gasteiger partial charge in [-0.05, 0) is 46.6 Å². The fourth-order valence-corrected chi connectivity index (χ4v) is 4.59. The molecule has 2 aliphatic rings. The molecule has 2 atom stereocenters. The van der Waals surface area contributed by atoms with Crippen LogP contribution in [0.2, 0.25) is 0 Å². The van der Waals surface area contributed by atoms with Crippen molar-refractivity contribution in [3.63, 3.8) is 0 Å². The number of ether oxygens (including phenoxy) is 1. The van der Waals surface area contributed by atoms with E-state index >= 15 is 0 Å². The highest BCUT2D eigenvalue weighted by molar-refractivity contribution is 5.79. The molecule has 1 fully saturated rings. The maximum Gasteiger partial charge on any atom is 0.309 e. The SMILES string of the molecule is O=C(OCC1c2ccccc2-c2ccccc21)C1CC[C@@H]1c1ccccc1. The van der Waals surface area contributed by atoms with Crippen LogP contribution in [-0.2, 0) is 9.53 Å². The number of benzene rings is 3. The molecule has 3 aromatic rings. The molecule has 0 aromatic heterocycles. The summed E-state index contributed by atoms with van der Waals surface area (Å²) in [5.74, 6) is 0.398. The maximum atomic E-state index is 12.8. The van der Waals surface area contributed by atoms with E-state index in [9.17, 15) is 4.79 Å². The van der Waals surface area contributed by atoms with Gasteiger partial charge >= 0.3 is 5.97 Å². The molecule has 3 aromatic carbocycles. The molecule has 0 N–H and O–H groups in total. The Bertz CT molecular complexity index is 931. The molecule has 0 radical (unpaired) electrons. The van der Waals surface area contributed by atoms with Crippen molar-refractivity contribution in [3.8, 4) is 11.1 Å². The quantitative estimate of drug-likeness (QED) is 0.575. The second-order valence-electron chi connectivity index (χ2n) is 7.56. The number of hydrogen-bond acceptors (Lipinski definition) is 2. The zero-order valence-corrected chi connectivity index (χ0v) is 15.2. The molecule has 0 heterocycles. The second-order valence-corrected chi connectivity index (χ2v) is 7.56. The van der Waals surface area contributed by atoms with Crippen LogP contribution in [0.25, 0.3) is 11.1 Å². The molecule has 0 spiro atoms. The van der Waals surface area contributed by atoms with Crippen molar-refractivity contribution < 1.29 is 9.53 Å². The number of hydrogen-bond donors (Lipinski definition) is 0. The lowest BCUT2D eigenvalue weighted by Crippen LogP contribution is -2.33. The minimum Gasteiger partial charge on any atom is -0.464 e. The van der Waals surface area contributed by atoms with Gasteiger partial charge in [-0.2, -0.15) is 0 Å². The van der Waals surface area contributed by atoms with Gasteiger partial charge in [-0.25, -0.2) is 0 Å². The average Bonchev–Trinajstić information content (AvgIpc) is 3.00. The van der Waals surface area contributed by atoms with E-state index < -0.39 is 0 Å². The topological polar surface area (TPSA) is 26.3 Å². The highest BCUT2D eigenvalue weighted by Gasteiger charge is 2.39. The molecule has 0 amide bonds. The molecule has 27 heavy (non-hydrogen) atoms. The third-order valence-corrected chi connectivity index (χ3v) is 6.16. The summed E-state index contributed by atoms with van der Waals surface area (Å²) < 4.78 is 5.86. The summed E-state index contributed by atoms with van der Waals surface area (Å²) in [6.07, 6.45) is 2.00. The van der Waals surface area contributed by atoms with Crippen LogP contribution in [0.15, 0.2) is 78.9 Å². The Labute approximate surface area is 159 Å². The largest absolute Gasteiger partial charge is 0.464 e. The van der Waals surface area contributed by atoms with Gasteiger partial charge in [-0.3, -0.25) is 4.79 Å². The van der Waals surface area contributed by atoms with Crippen molar-refractivity contribution in [1.82, 2.24) is 0 Å². The van der Waals surface area contributed by atoms with Gasteiger partial charge in [-0.15, -0.1) is 0 Å². The lowest BCUT2D eigenvalue weighted by atomic mass is 9.70. The van der Waals surface area contributed by atoms with Crippen LogP contribution < -0.4 is 0 Å². The van der Waals surface area contributed by atoms with E-state index in [1.54, 1.807) is 0 Å². The normalized spacial score (nSPS) is 20.4. The summed E-state index contributed by atoms with van der Waals surface area (Å²) in [5, 5.41) is 0. The third kappa shape index (κ3) is 2.76. The van der Waals surface area contributed by atoms with E-state index in [0.717, 1.165) is 12.8 Å². The van der Waals surface area contributed by atoms with Crippen LogP contribution in [-0.4, -0.2) is 12.6 Å². The molecule has 2 aliphatic carbocycles.